The Morgan fingerprint density at radius 3 is 2.48 bits per heavy atom. The highest BCUT2D eigenvalue weighted by Gasteiger charge is 2.25. The number of benzene rings is 1. The summed E-state index contributed by atoms with van der Waals surface area (Å²) in [5, 5.41) is 0. The molecule has 120 valence electrons. The molecule has 1 unspecified atom stereocenters. The second-order valence-corrected chi connectivity index (χ2v) is 7.69. The zero-order chi connectivity index (χ0) is 16.2. The van der Waals surface area contributed by atoms with Crippen molar-refractivity contribution in [3.05, 3.63) is 23.8 Å². The van der Waals surface area contributed by atoms with Crippen LogP contribution in [0, 0.1) is 12.8 Å². The van der Waals surface area contributed by atoms with Gasteiger partial charge in [0.1, 0.15) is 10.6 Å². The van der Waals surface area contributed by atoms with Gasteiger partial charge in [0.2, 0.25) is 10.0 Å². The van der Waals surface area contributed by atoms with Crippen LogP contribution >= 0.6 is 0 Å². The second kappa shape index (κ2) is 7.24. The summed E-state index contributed by atoms with van der Waals surface area (Å²) in [6.07, 6.45) is 0.627. The standard InChI is InChI=1S/C15H26N2O3S/c1-11(2)13(16)8-9-17(4)21(18,19)15-10-12(3)6-7-14(15)20-5/h6-7,10-11,13H,8-9,16H2,1-5H3. The predicted molar refractivity (Wildman–Crippen MR) is 85.0 cm³/mol. The molecule has 2 N–H and O–H groups in total. The zero-order valence-electron chi connectivity index (χ0n) is 13.5. The topological polar surface area (TPSA) is 72.6 Å². The number of methoxy groups -OCH3 is 1. The van der Waals surface area contributed by atoms with Gasteiger partial charge in [0, 0.05) is 19.6 Å². The number of rotatable bonds is 7. The van der Waals surface area contributed by atoms with Crippen molar-refractivity contribution in [2.45, 2.75) is 38.1 Å². The van der Waals surface area contributed by atoms with Gasteiger partial charge in [-0.3, -0.25) is 0 Å². The van der Waals surface area contributed by atoms with Crippen molar-refractivity contribution in [3.8, 4) is 5.75 Å². The third kappa shape index (κ3) is 4.43. The summed E-state index contributed by atoms with van der Waals surface area (Å²) < 4.78 is 31.8. The Labute approximate surface area is 128 Å². The van der Waals surface area contributed by atoms with E-state index in [1.807, 2.05) is 26.8 Å². The van der Waals surface area contributed by atoms with Crippen LogP contribution in [0.25, 0.3) is 0 Å². The van der Waals surface area contributed by atoms with Crippen LogP contribution in [0.1, 0.15) is 25.8 Å². The molecule has 0 aliphatic rings. The number of aryl methyl sites for hydroxylation is 1. The van der Waals surface area contributed by atoms with E-state index in [4.69, 9.17) is 10.5 Å². The Bertz CT molecular complexity index is 570. The summed E-state index contributed by atoms with van der Waals surface area (Å²) in [7, 11) is -0.529. The lowest BCUT2D eigenvalue weighted by Gasteiger charge is -2.22. The lowest BCUT2D eigenvalue weighted by molar-refractivity contribution is 0.386. The van der Waals surface area contributed by atoms with Gasteiger partial charge in [-0.25, -0.2) is 12.7 Å². The predicted octanol–water partition coefficient (Wildman–Crippen LogP) is 2.00. The maximum Gasteiger partial charge on any atom is 0.246 e. The van der Waals surface area contributed by atoms with E-state index in [9.17, 15) is 8.42 Å². The molecule has 1 atom stereocenters. The maximum atomic E-state index is 12.7. The Kier molecular flexibility index (Phi) is 6.19. The number of sulfonamides is 1. The molecule has 0 aliphatic heterocycles. The molecular weight excluding hydrogens is 288 g/mol. The van der Waals surface area contributed by atoms with Gasteiger partial charge in [-0.05, 0) is 37.0 Å². The summed E-state index contributed by atoms with van der Waals surface area (Å²) in [5.41, 5.74) is 6.86. The van der Waals surface area contributed by atoms with Crippen LogP contribution in [-0.4, -0.2) is 39.5 Å². The number of nitrogens with zero attached hydrogens (tertiary/aromatic N) is 1. The maximum absolute atomic E-state index is 12.7. The molecule has 0 saturated heterocycles. The molecule has 1 aromatic carbocycles. The number of ether oxygens (including phenoxy) is 1. The van der Waals surface area contributed by atoms with Crippen molar-refractivity contribution in [1.29, 1.82) is 0 Å². The van der Waals surface area contributed by atoms with Gasteiger partial charge >= 0.3 is 0 Å². The molecule has 5 nitrogen and oxygen atoms in total. The van der Waals surface area contributed by atoms with E-state index < -0.39 is 10.0 Å². The summed E-state index contributed by atoms with van der Waals surface area (Å²) in [4.78, 5) is 0.200. The lowest BCUT2D eigenvalue weighted by atomic mass is 10.0. The highest BCUT2D eigenvalue weighted by atomic mass is 32.2. The smallest absolute Gasteiger partial charge is 0.246 e. The zero-order valence-corrected chi connectivity index (χ0v) is 14.3. The highest BCUT2D eigenvalue weighted by molar-refractivity contribution is 7.89. The van der Waals surface area contributed by atoms with E-state index in [0.717, 1.165) is 5.56 Å². The molecule has 1 rings (SSSR count). The minimum absolute atomic E-state index is 0.0120. The summed E-state index contributed by atoms with van der Waals surface area (Å²) >= 11 is 0. The van der Waals surface area contributed by atoms with E-state index in [0.29, 0.717) is 24.6 Å². The van der Waals surface area contributed by atoms with Crippen molar-refractivity contribution < 1.29 is 13.2 Å². The van der Waals surface area contributed by atoms with Gasteiger partial charge in [-0.2, -0.15) is 0 Å². The molecule has 0 bridgehead atoms. The first kappa shape index (κ1) is 17.9. The molecule has 21 heavy (non-hydrogen) atoms. The number of nitrogens with two attached hydrogens (primary N) is 1. The summed E-state index contributed by atoms with van der Waals surface area (Å²) in [6.45, 7) is 6.30. The van der Waals surface area contributed by atoms with E-state index in [-0.39, 0.29) is 10.9 Å². The van der Waals surface area contributed by atoms with Crippen LogP contribution in [0.4, 0.5) is 0 Å². The average molecular weight is 314 g/mol. The fraction of sp³-hybridized carbons (Fsp3) is 0.600. The van der Waals surface area contributed by atoms with Crippen molar-refractivity contribution in [2.24, 2.45) is 11.7 Å². The first-order valence-electron chi connectivity index (χ1n) is 7.06. The molecule has 0 fully saturated rings. The largest absolute Gasteiger partial charge is 0.495 e. The van der Waals surface area contributed by atoms with Crippen molar-refractivity contribution >= 4 is 10.0 Å². The van der Waals surface area contributed by atoms with Gasteiger partial charge in [-0.15, -0.1) is 0 Å². The van der Waals surface area contributed by atoms with E-state index in [1.54, 1.807) is 19.2 Å². The fourth-order valence-corrected chi connectivity index (χ4v) is 3.36. The van der Waals surface area contributed by atoms with Gasteiger partial charge in [0.15, 0.2) is 0 Å². The third-order valence-corrected chi connectivity index (χ3v) is 5.52. The normalized spacial score (nSPS) is 13.7. The number of hydrogen-bond acceptors (Lipinski definition) is 4. The second-order valence-electron chi connectivity index (χ2n) is 5.68. The van der Waals surface area contributed by atoms with E-state index in [1.165, 1.54) is 11.4 Å². The van der Waals surface area contributed by atoms with Gasteiger partial charge in [-0.1, -0.05) is 19.9 Å². The van der Waals surface area contributed by atoms with Gasteiger partial charge in [0.25, 0.3) is 0 Å². The molecule has 0 aromatic heterocycles. The van der Waals surface area contributed by atoms with E-state index >= 15 is 0 Å². The van der Waals surface area contributed by atoms with Crippen LogP contribution in [0.5, 0.6) is 5.75 Å². The van der Waals surface area contributed by atoms with E-state index in [2.05, 4.69) is 0 Å². The van der Waals surface area contributed by atoms with Gasteiger partial charge in [0.05, 0.1) is 7.11 Å². The quantitative estimate of drug-likeness (QED) is 0.835. The molecule has 0 saturated carbocycles. The molecule has 0 spiro atoms. The molecule has 0 radical (unpaired) electrons. The first-order valence-corrected chi connectivity index (χ1v) is 8.50. The SMILES string of the molecule is COc1ccc(C)cc1S(=O)(=O)N(C)CCC(N)C(C)C. The highest BCUT2D eigenvalue weighted by Crippen LogP contribution is 2.27. The molecule has 0 amide bonds. The number of hydrogen-bond donors (Lipinski definition) is 1. The summed E-state index contributed by atoms with van der Waals surface area (Å²) in [6, 6.07) is 5.12. The monoisotopic (exact) mass is 314 g/mol. The van der Waals surface area contributed by atoms with Crippen LogP contribution in [0.3, 0.4) is 0 Å². The summed E-state index contributed by atoms with van der Waals surface area (Å²) in [5.74, 6) is 0.690. The lowest BCUT2D eigenvalue weighted by Crippen LogP contribution is -2.34. The van der Waals surface area contributed by atoms with Crippen LogP contribution in [0.2, 0.25) is 0 Å². The van der Waals surface area contributed by atoms with Gasteiger partial charge < -0.3 is 10.5 Å². The Morgan fingerprint density at radius 1 is 1.33 bits per heavy atom. The van der Waals surface area contributed by atoms with Crippen molar-refractivity contribution in [3.63, 3.8) is 0 Å². The van der Waals surface area contributed by atoms with Crippen LogP contribution in [0.15, 0.2) is 23.1 Å². The van der Waals surface area contributed by atoms with Crippen molar-refractivity contribution in [1.82, 2.24) is 4.31 Å². The van der Waals surface area contributed by atoms with Crippen LogP contribution in [-0.2, 0) is 10.0 Å². The molecule has 1 aromatic rings. The third-order valence-electron chi connectivity index (χ3n) is 3.64. The minimum atomic E-state index is -3.57. The Morgan fingerprint density at radius 2 is 1.95 bits per heavy atom. The van der Waals surface area contributed by atoms with Crippen molar-refractivity contribution in [2.75, 3.05) is 20.7 Å². The van der Waals surface area contributed by atoms with Crippen LogP contribution < -0.4 is 10.5 Å². The Balaban J connectivity index is 2.97. The molecular formula is C15H26N2O3S. The molecule has 0 heterocycles. The fourth-order valence-electron chi connectivity index (χ4n) is 1.94. The minimum Gasteiger partial charge on any atom is -0.495 e. The Hall–Kier alpha value is -1.11. The molecule has 6 heteroatoms. The first-order chi connectivity index (χ1) is 9.70. The average Bonchev–Trinajstić information content (AvgIpc) is 2.43. The molecule has 0 aliphatic carbocycles.